The number of carbonyl (C=O) groups excluding carboxylic acids is 2. The van der Waals surface area contributed by atoms with Crippen LogP contribution in [0.2, 0.25) is 5.02 Å². The first-order valence-electron chi connectivity index (χ1n) is 10.3. The van der Waals surface area contributed by atoms with Gasteiger partial charge in [0.1, 0.15) is 0 Å². The van der Waals surface area contributed by atoms with Gasteiger partial charge in [-0.25, -0.2) is 0 Å². The number of hydrogen-bond donors (Lipinski definition) is 1. The molecule has 0 unspecified atom stereocenters. The molecule has 0 spiro atoms. The highest BCUT2D eigenvalue weighted by atomic mass is 35.5. The van der Waals surface area contributed by atoms with E-state index in [1.807, 2.05) is 25.8 Å². The Bertz CT molecular complexity index is 825. The van der Waals surface area contributed by atoms with Gasteiger partial charge in [0.25, 0.3) is 5.91 Å². The van der Waals surface area contributed by atoms with E-state index in [1.54, 1.807) is 18.2 Å². The first-order chi connectivity index (χ1) is 13.2. The van der Waals surface area contributed by atoms with Gasteiger partial charge in [0, 0.05) is 33.6 Å². The van der Waals surface area contributed by atoms with Crippen LogP contribution in [-0.2, 0) is 16.1 Å². The predicted octanol–water partition coefficient (Wildman–Crippen LogP) is 4.71. The fourth-order valence-electron chi connectivity index (χ4n) is 4.62. The van der Waals surface area contributed by atoms with Gasteiger partial charge in [-0.2, -0.15) is 5.06 Å². The first-order valence-corrected chi connectivity index (χ1v) is 10.7. The third kappa shape index (κ3) is 4.10. The zero-order valence-corrected chi connectivity index (χ0v) is 19.4. The molecule has 1 N–H and O–H groups in total. The molecule has 1 aliphatic heterocycles. The van der Waals surface area contributed by atoms with E-state index in [4.69, 9.17) is 16.4 Å². The Hall–Kier alpha value is -1.43. The summed E-state index contributed by atoms with van der Waals surface area (Å²) in [6, 6.07) is 5.14. The first kappa shape index (κ1) is 22.3. The number of nitrogens with one attached hydrogen (secondary N) is 1. The smallest absolute Gasteiger partial charge is 0.263 e. The lowest BCUT2D eigenvalue weighted by Crippen LogP contribution is -2.66. The molecule has 1 aliphatic carbocycles. The van der Waals surface area contributed by atoms with E-state index in [2.05, 4.69) is 33.0 Å². The Morgan fingerprint density at radius 1 is 1.14 bits per heavy atom. The molecule has 160 valence electrons. The fourth-order valence-corrected chi connectivity index (χ4v) is 4.81. The van der Waals surface area contributed by atoms with E-state index in [9.17, 15) is 9.59 Å². The van der Waals surface area contributed by atoms with Crippen molar-refractivity contribution in [2.24, 2.45) is 0 Å². The molecular formula is C23H33ClN2O3. The summed E-state index contributed by atoms with van der Waals surface area (Å²) in [7, 11) is 0. The van der Waals surface area contributed by atoms with Crippen molar-refractivity contribution >= 4 is 23.3 Å². The molecule has 1 amide bonds. The number of Topliss-reactive ketones (excluding diaryl/α,β-unsaturated/α-hetero) is 1. The predicted molar refractivity (Wildman–Crippen MR) is 115 cm³/mol. The highest BCUT2D eigenvalue weighted by Crippen LogP contribution is 2.43. The molecule has 2 aliphatic rings. The molecule has 0 radical (unpaired) electrons. The molecule has 29 heavy (non-hydrogen) atoms. The SMILES string of the molecule is CC(C)(C)NC(=O)[C@]1(ON2C(C)(C)CCCC2(C)C)Cc2cc(Cl)ccc2C1=O. The number of benzene rings is 1. The third-order valence-electron chi connectivity index (χ3n) is 5.90. The van der Waals surface area contributed by atoms with Gasteiger partial charge in [-0.15, -0.1) is 0 Å². The number of rotatable bonds is 3. The van der Waals surface area contributed by atoms with E-state index in [-0.39, 0.29) is 23.3 Å². The lowest BCUT2D eigenvalue weighted by molar-refractivity contribution is -0.314. The lowest BCUT2D eigenvalue weighted by atomic mass is 9.82. The lowest BCUT2D eigenvalue weighted by Gasteiger charge is -2.53. The van der Waals surface area contributed by atoms with E-state index in [0.717, 1.165) is 24.8 Å². The number of hydrogen-bond acceptors (Lipinski definition) is 4. The molecule has 1 atom stereocenters. The van der Waals surface area contributed by atoms with Gasteiger partial charge >= 0.3 is 0 Å². The monoisotopic (exact) mass is 420 g/mol. The number of nitrogens with zero attached hydrogens (tertiary/aromatic N) is 1. The van der Waals surface area contributed by atoms with Crippen molar-refractivity contribution in [3.8, 4) is 0 Å². The molecule has 6 heteroatoms. The van der Waals surface area contributed by atoms with Crippen molar-refractivity contribution in [3.05, 3.63) is 34.3 Å². The van der Waals surface area contributed by atoms with E-state index in [1.165, 1.54) is 0 Å². The molecule has 1 aromatic carbocycles. The maximum absolute atomic E-state index is 13.6. The van der Waals surface area contributed by atoms with Gasteiger partial charge in [-0.05, 0) is 91.5 Å². The van der Waals surface area contributed by atoms with Gasteiger partial charge in [-0.3, -0.25) is 14.4 Å². The van der Waals surface area contributed by atoms with Crippen LogP contribution in [-0.4, -0.2) is 39.0 Å². The molecule has 3 rings (SSSR count). The zero-order chi connectivity index (χ0) is 21.8. The minimum Gasteiger partial charge on any atom is -0.348 e. The average molecular weight is 421 g/mol. The quantitative estimate of drug-likeness (QED) is 0.719. The van der Waals surface area contributed by atoms with E-state index < -0.39 is 17.0 Å². The maximum Gasteiger partial charge on any atom is 0.263 e. The second-order valence-corrected chi connectivity index (χ2v) is 11.1. The highest BCUT2D eigenvalue weighted by molar-refractivity contribution is 6.31. The second kappa shape index (κ2) is 7.07. The molecule has 1 fully saturated rings. The number of fused-ring (bicyclic) bond motifs is 1. The maximum atomic E-state index is 13.6. The minimum absolute atomic E-state index is 0.173. The molecule has 1 heterocycles. The van der Waals surface area contributed by atoms with Crippen molar-refractivity contribution in [2.45, 2.75) is 96.4 Å². The Kier molecular flexibility index (Phi) is 5.43. The van der Waals surface area contributed by atoms with Crippen LogP contribution >= 0.6 is 11.6 Å². The Balaban J connectivity index is 2.08. The third-order valence-corrected chi connectivity index (χ3v) is 6.13. The van der Waals surface area contributed by atoms with Crippen LogP contribution in [0.4, 0.5) is 0 Å². The summed E-state index contributed by atoms with van der Waals surface area (Å²) in [5.74, 6) is -0.706. The normalized spacial score (nSPS) is 26.3. The minimum atomic E-state index is -1.63. The Labute approximate surface area is 179 Å². The molecule has 0 aromatic heterocycles. The van der Waals surface area contributed by atoms with Crippen LogP contribution in [0.1, 0.15) is 83.7 Å². The summed E-state index contributed by atoms with van der Waals surface area (Å²) in [5, 5.41) is 5.43. The van der Waals surface area contributed by atoms with Crippen molar-refractivity contribution in [1.82, 2.24) is 10.4 Å². The van der Waals surface area contributed by atoms with Crippen LogP contribution in [0.15, 0.2) is 18.2 Å². The summed E-state index contributed by atoms with van der Waals surface area (Å²) in [5.41, 5.74) is -1.48. The number of carbonyl (C=O) groups is 2. The van der Waals surface area contributed by atoms with E-state index in [0.29, 0.717) is 10.6 Å². The van der Waals surface area contributed by atoms with Crippen LogP contribution < -0.4 is 5.32 Å². The van der Waals surface area contributed by atoms with Crippen molar-refractivity contribution in [2.75, 3.05) is 0 Å². The summed E-state index contributed by atoms with van der Waals surface area (Å²) >= 11 is 6.17. The summed E-state index contributed by atoms with van der Waals surface area (Å²) < 4.78 is 0. The molecule has 0 saturated carbocycles. The number of ketones is 1. The van der Waals surface area contributed by atoms with Gasteiger partial charge in [0.2, 0.25) is 11.4 Å². The Morgan fingerprint density at radius 3 is 2.28 bits per heavy atom. The Morgan fingerprint density at radius 2 is 1.72 bits per heavy atom. The van der Waals surface area contributed by atoms with Gasteiger partial charge < -0.3 is 5.32 Å². The average Bonchev–Trinajstić information content (AvgIpc) is 2.82. The highest BCUT2D eigenvalue weighted by Gasteiger charge is 2.58. The second-order valence-electron chi connectivity index (χ2n) is 10.7. The largest absolute Gasteiger partial charge is 0.348 e. The standard InChI is InChI=1S/C23H33ClN2O3/c1-20(2,3)25-19(28)23(14-15-13-16(24)9-10-17(15)18(23)27)29-26-21(4,5)11-8-12-22(26,6)7/h9-10,13H,8,11-12,14H2,1-7H3,(H,25,28)/t23-/m0/s1. The summed E-state index contributed by atoms with van der Waals surface area (Å²) in [4.78, 5) is 33.7. The van der Waals surface area contributed by atoms with E-state index >= 15 is 0 Å². The van der Waals surface area contributed by atoms with Gasteiger partial charge in [-0.1, -0.05) is 11.6 Å². The van der Waals surface area contributed by atoms with Crippen LogP contribution in [0.5, 0.6) is 0 Å². The molecule has 0 bridgehead atoms. The van der Waals surface area contributed by atoms with Crippen LogP contribution in [0.25, 0.3) is 0 Å². The number of halogens is 1. The summed E-state index contributed by atoms with van der Waals surface area (Å²) in [6.07, 6.45) is 3.11. The van der Waals surface area contributed by atoms with Crippen molar-refractivity contribution in [3.63, 3.8) is 0 Å². The number of piperidine rings is 1. The van der Waals surface area contributed by atoms with Gasteiger partial charge in [0.15, 0.2) is 0 Å². The number of amides is 1. The molecule has 1 aromatic rings. The molecular weight excluding hydrogens is 388 g/mol. The fraction of sp³-hybridized carbons (Fsp3) is 0.652. The van der Waals surface area contributed by atoms with Crippen molar-refractivity contribution in [1.29, 1.82) is 0 Å². The van der Waals surface area contributed by atoms with Crippen LogP contribution in [0, 0.1) is 0 Å². The molecule has 5 nitrogen and oxygen atoms in total. The van der Waals surface area contributed by atoms with Gasteiger partial charge in [0.05, 0.1) is 0 Å². The summed E-state index contributed by atoms with van der Waals surface area (Å²) in [6.45, 7) is 14.1. The molecule has 1 saturated heterocycles. The topological polar surface area (TPSA) is 58.6 Å². The number of hydroxylamine groups is 2. The zero-order valence-electron chi connectivity index (χ0n) is 18.6. The van der Waals surface area contributed by atoms with Crippen molar-refractivity contribution < 1.29 is 14.4 Å². The van der Waals surface area contributed by atoms with Crippen LogP contribution in [0.3, 0.4) is 0 Å².